The van der Waals surface area contributed by atoms with Gasteiger partial charge in [0.25, 0.3) is 0 Å². The van der Waals surface area contributed by atoms with Crippen LogP contribution in [0, 0.1) is 0 Å². The summed E-state index contributed by atoms with van der Waals surface area (Å²) < 4.78 is 15.8. The molecule has 0 aliphatic carbocycles. The number of benzene rings is 8. The van der Waals surface area contributed by atoms with Gasteiger partial charge in [0.05, 0.1) is 16.7 Å². The SMILES string of the molecule is c1ccc(-c2nc(-c3ccccc3)nc(-c3cccc4oc5c(-n6c7ccccc7c7ccccc76)ccc(-c6ccc7c(c6)oc6ccccc67)c5c34)n2)cc1. The van der Waals surface area contributed by atoms with Gasteiger partial charge in [-0.05, 0) is 53.6 Å². The van der Waals surface area contributed by atoms with Crippen molar-refractivity contribution in [3.63, 3.8) is 0 Å². The van der Waals surface area contributed by atoms with E-state index in [4.69, 9.17) is 23.8 Å². The minimum Gasteiger partial charge on any atom is -0.456 e. The van der Waals surface area contributed by atoms with E-state index in [0.717, 1.165) is 88.4 Å². The predicted octanol–water partition coefficient (Wildman–Crippen LogP) is 13.4. The molecule has 6 nitrogen and oxygen atoms in total. The Morgan fingerprint density at radius 1 is 0.351 bits per heavy atom. The number of para-hydroxylation sites is 3. The molecule has 0 N–H and O–H groups in total. The first-order valence-electron chi connectivity index (χ1n) is 19.0. The van der Waals surface area contributed by atoms with E-state index in [1.165, 1.54) is 10.8 Å². The minimum atomic E-state index is 0.567. The summed E-state index contributed by atoms with van der Waals surface area (Å²) in [4.78, 5) is 15.3. The quantitative estimate of drug-likeness (QED) is 0.176. The Morgan fingerprint density at radius 2 is 0.930 bits per heavy atom. The highest BCUT2D eigenvalue weighted by atomic mass is 16.3. The fourth-order valence-corrected chi connectivity index (χ4v) is 8.51. The van der Waals surface area contributed by atoms with Crippen LogP contribution in [0.4, 0.5) is 0 Å². The Morgan fingerprint density at radius 3 is 1.63 bits per heavy atom. The fourth-order valence-electron chi connectivity index (χ4n) is 8.51. The van der Waals surface area contributed by atoms with E-state index in [9.17, 15) is 0 Å². The van der Waals surface area contributed by atoms with Crippen LogP contribution < -0.4 is 0 Å². The molecule has 12 rings (SSSR count). The van der Waals surface area contributed by atoms with Gasteiger partial charge in [0.15, 0.2) is 23.1 Å². The van der Waals surface area contributed by atoms with Crippen LogP contribution in [0.2, 0.25) is 0 Å². The molecule has 0 bridgehead atoms. The molecule has 0 aliphatic rings. The molecule has 4 aromatic heterocycles. The second-order valence-corrected chi connectivity index (χ2v) is 14.3. The molecule has 0 spiro atoms. The molecule has 0 atom stereocenters. The summed E-state index contributed by atoms with van der Waals surface area (Å²) in [7, 11) is 0. The molecule has 0 radical (unpaired) electrons. The summed E-state index contributed by atoms with van der Waals surface area (Å²) in [5.41, 5.74) is 11.1. The van der Waals surface area contributed by atoms with E-state index in [1.807, 2.05) is 84.9 Å². The maximum atomic E-state index is 7.08. The molecule has 0 unspecified atom stereocenters. The molecule has 0 aliphatic heterocycles. The monoisotopic (exact) mass is 730 g/mol. The summed E-state index contributed by atoms with van der Waals surface area (Å²) in [6, 6.07) is 62.5. The molecule has 57 heavy (non-hydrogen) atoms. The van der Waals surface area contributed by atoms with E-state index < -0.39 is 0 Å². The van der Waals surface area contributed by atoms with Gasteiger partial charge in [-0.15, -0.1) is 0 Å². The third kappa shape index (κ3) is 4.87. The first kappa shape index (κ1) is 31.5. The van der Waals surface area contributed by atoms with Crippen LogP contribution in [0.15, 0.2) is 191 Å². The van der Waals surface area contributed by atoms with Crippen LogP contribution in [0.1, 0.15) is 0 Å². The standard InChI is InChI=1S/C51H30N4O2/c1-3-14-31(15-4-1)49-52-50(32-16-5-2-6-17-32)54-51(53-49)39-21-13-25-44-46(39)47-34(33-26-27-38-37-20-9-12-24-43(37)56-45(38)30-33)28-29-42(48(47)57-44)55-40-22-10-7-18-35(40)36-19-8-11-23-41(36)55/h1-30H. The van der Waals surface area contributed by atoms with E-state index in [2.05, 4.69) is 102 Å². The molecule has 0 fully saturated rings. The lowest BCUT2D eigenvalue weighted by Gasteiger charge is -2.12. The number of furan rings is 2. The van der Waals surface area contributed by atoms with Gasteiger partial charge in [-0.2, -0.15) is 0 Å². The average molecular weight is 731 g/mol. The fraction of sp³-hybridized carbons (Fsp3) is 0. The second-order valence-electron chi connectivity index (χ2n) is 14.3. The number of rotatable bonds is 5. The smallest absolute Gasteiger partial charge is 0.164 e. The van der Waals surface area contributed by atoms with Crippen LogP contribution >= 0.6 is 0 Å². The van der Waals surface area contributed by atoms with Gasteiger partial charge in [0.1, 0.15) is 16.7 Å². The summed E-state index contributed by atoms with van der Waals surface area (Å²) in [6.07, 6.45) is 0. The van der Waals surface area contributed by atoms with Crippen molar-refractivity contribution in [3.8, 4) is 51.0 Å². The molecule has 8 aromatic carbocycles. The number of nitrogens with zero attached hydrogens (tertiary/aromatic N) is 4. The number of aromatic nitrogens is 4. The van der Waals surface area contributed by atoms with Gasteiger partial charge < -0.3 is 13.4 Å². The van der Waals surface area contributed by atoms with Gasteiger partial charge in [0, 0.05) is 49.0 Å². The topological polar surface area (TPSA) is 69.9 Å². The van der Waals surface area contributed by atoms with E-state index in [0.29, 0.717) is 17.5 Å². The Balaban J connectivity index is 1.19. The van der Waals surface area contributed by atoms with Crippen molar-refractivity contribution >= 4 is 65.7 Å². The number of hydrogen-bond acceptors (Lipinski definition) is 5. The maximum absolute atomic E-state index is 7.08. The van der Waals surface area contributed by atoms with Gasteiger partial charge >= 0.3 is 0 Å². The molecular weight excluding hydrogens is 701 g/mol. The largest absolute Gasteiger partial charge is 0.456 e. The van der Waals surface area contributed by atoms with Crippen molar-refractivity contribution in [2.75, 3.05) is 0 Å². The average Bonchev–Trinajstić information content (AvgIpc) is 3.96. The maximum Gasteiger partial charge on any atom is 0.164 e. The van der Waals surface area contributed by atoms with Crippen molar-refractivity contribution < 1.29 is 8.83 Å². The summed E-state index contributed by atoms with van der Waals surface area (Å²) >= 11 is 0. The highest BCUT2D eigenvalue weighted by molar-refractivity contribution is 6.21. The van der Waals surface area contributed by atoms with E-state index >= 15 is 0 Å². The highest BCUT2D eigenvalue weighted by Crippen LogP contribution is 2.46. The zero-order valence-corrected chi connectivity index (χ0v) is 30.4. The first-order chi connectivity index (χ1) is 28.3. The van der Waals surface area contributed by atoms with Gasteiger partial charge in [-0.1, -0.05) is 140 Å². The molecule has 0 saturated heterocycles. The lowest BCUT2D eigenvalue weighted by molar-refractivity contribution is 0.666. The van der Waals surface area contributed by atoms with Crippen LogP contribution in [-0.4, -0.2) is 19.5 Å². The van der Waals surface area contributed by atoms with Crippen LogP contribution in [0.25, 0.3) is 117 Å². The highest BCUT2D eigenvalue weighted by Gasteiger charge is 2.24. The summed E-state index contributed by atoms with van der Waals surface area (Å²) in [6.45, 7) is 0. The van der Waals surface area contributed by atoms with Crippen LogP contribution in [0.3, 0.4) is 0 Å². The molecule has 0 saturated carbocycles. The van der Waals surface area contributed by atoms with Crippen molar-refractivity contribution in [1.82, 2.24) is 19.5 Å². The first-order valence-corrected chi connectivity index (χ1v) is 19.0. The van der Waals surface area contributed by atoms with Crippen molar-refractivity contribution in [3.05, 3.63) is 182 Å². The number of fused-ring (bicyclic) bond motifs is 9. The third-order valence-corrected chi connectivity index (χ3v) is 11.1. The van der Waals surface area contributed by atoms with Gasteiger partial charge in [-0.3, -0.25) is 0 Å². The molecule has 0 amide bonds. The van der Waals surface area contributed by atoms with Crippen LogP contribution in [0.5, 0.6) is 0 Å². The zero-order chi connectivity index (χ0) is 37.5. The molecule has 266 valence electrons. The Hall–Kier alpha value is -7.83. The minimum absolute atomic E-state index is 0.567. The number of hydrogen-bond donors (Lipinski definition) is 0. The normalized spacial score (nSPS) is 11.9. The molecule has 12 aromatic rings. The van der Waals surface area contributed by atoms with Crippen molar-refractivity contribution in [2.24, 2.45) is 0 Å². The zero-order valence-electron chi connectivity index (χ0n) is 30.4. The van der Waals surface area contributed by atoms with E-state index in [-0.39, 0.29) is 0 Å². The molecular formula is C51H30N4O2. The lowest BCUT2D eigenvalue weighted by Crippen LogP contribution is -2.00. The van der Waals surface area contributed by atoms with Crippen molar-refractivity contribution in [1.29, 1.82) is 0 Å². The van der Waals surface area contributed by atoms with Crippen molar-refractivity contribution in [2.45, 2.75) is 0 Å². The molecule has 6 heteroatoms. The Kier molecular flexibility index (Phi) is 6.83. The lowest BCUT2D eigenvalue weighted by atomic mass is 9.95. The van der Waals surface area contributed by atoms with Crippen LogP contribution in [-0.2, 0) is 0 Å². The second kappa shape index (κ2) is 12.3. The summed E-state index contributed by atoms with van der Waals surface area (Å²) in [5, 5.41) is 6.45. The Bertz CT molecular complexity index is 3410. The van der Waals surface area contributed by atoms with E-state index in [1.54, 1.807) is 0 Å². The summed E-state index contributed by atoms with van der Waals surface area (Å²) in [5.74, 6) is 1.77. The molecule has 4 heterocycles. The third-order valence-electron chi connectivity index (χ3n) is 11.1. The predicted molar refractivity (Wildman–Crippen MR) is 230 cm³/mol. The van der Waals surface area contributed by atoms with Gasteiger partial charge in [0.2, 0.25) is 0 Å². The van der Waals surface area contributed by atoms with Gasteiger partial charge in [-0.25, -0.2) is 15.0 Å². The Labute approximate surface area is 325 Å².